The van der Waals surface area contributed by atoms with Gasteiger partial charge < -0.3 is 14.4 Å². The molecule has 130 valence electrons. The summed E-state index contributed by atoms with van der Waals surface area (Å²) in [4.78, 5) is 26.3. The largest absolute Gasteiger partial charge is 0.482 e. The summed E-state index contributed by atoms with van der Waals surface area (Å²) in [5, 5.41) is 0.434. The van der Waals surface area contributed by atoms with E-state index in [-0.39, 0.29) is 12.5 Å². The van der Waals surface area contributed by atoms with E-state index < -0.39 is 12.0 Å². The Morgan fingerprint density at radius 3 is 2.52 bits per heavy atom. The Balaban J connectivity index is 1.77. The molecule has 0 aromatic heterocycles. The lowest BCUT2D eigenvalue weighted by molar-refractivity contribution is -0.154. The highest BCUT2D eigenvalue weighted by molar-refractivity contribution is 6.32. The zero-order chi connectivity index (χ0) is 17.8. The van der Waals surface area contributed by atoms with E-state index in [0.29, 0.717) is 23.7 Å². The molecule has 0 fully saturated rings. The molecule has 6 heteroatoms. The van der Waals surface area contributed by atoms with E-state index in [4.69, 9.17) is 21.1 Å². The van der Waals surface area contributed by atoms with Crippen molar-refractivity contribution in [1.82, 2.24) is 4.90 Å². The van der Waals surface area contributed by atoms with Gasteiger partial charge in [0.2, 0.25) is 0 Å². The van der Waals surface area contributed by atoms with Crippen LogP contribution in [0.4, 0.5) is 0 Å². The van der Waals surface area contributed by atoms with Crippen LogP contribution in [-0.2, 0) is 27.3 Å². The molecule has 1 aliphatic heterocycles. The summed E-state index contributed by atoms with van der Waals surface area (Å²) in [6.07, 6.45) is 0.431. The van der Waals surface area contributed by atoms with Crippen molar-refractivity contribution in [2.75, 3.05) is 13.7 Å². The maximum Gasteiger partial charge on any atom is 0.328 e. The Hall–Kier alpha value is -2.53. The zero-order valence-corrected chi connectivity index (χ0v) is 14.5. The minimum atomic E-state index is -0.651. The van der Waals surface area contributed by atoms with E-state index >= 15 is 0 Å². The maximum absolute atomic E-state index is 12.7. The molecule has 0 saturated carbocycles. The number of ether oxygens (including phenoxy) is 2. The first-order chi connectivity index (χ1) is 12.1. The minimum absolute atomic E-state index is 0.195. The van der Waals surface area contributed by atoms with E-state index in [0.717, 1.165) is 11.1 Å². The number of carbonyl (C=O) groups excluding carboxylic acids is 2. The molecule has 0 N–H and O–H groups in total. The summed E-state index contributed by atoms with van der Waals surface area (Å²) >= 11 is 6.04. The smallest absolute Gasteiger partial charge is 0.328 e. The predicted octanol–water partition coefficient (Wildman–Crippen LogP) is 2.85. The van der Waals surface area contributed by atoms with E-state index in [9.17, 15) is 9.59 Å². The molecule has 25 heavy (non-hydrogen) atoms. The van der Waals surface area contributed by atoms with Crippen molar-refractivity contribution in [2.24, 2.45) is 0 Å². The highest BCUT2D eigenvalue weighted by Gasteiger charge is 2.35. The molecule has 1 atom stereocenters. The van der Waals surface area contributed by atoms with Gasteiger partial charge in [-0.1, -0.05) is 48.0 Å². The number of benzene rings is 2. The van der Waals surface area contributed by atoms with Gasteiger partial charge in [0.05, 0.1) is 12.1 Å². The molecule has 0 bridgehead atoms. The molecule has 0 saturated heterocycles. The lowest BCUT2D eigenvalue weighted by atomic mass is 9.94. The van der Waals surface area contributed by atoms with Gasteiger partial charge in [-0.2, -0.15) is 0 Å². The molecular formula is C19H18ClNO4. The van der Waals surface area contributed by atoms with Crippen molar-refractivity contribution in [1.29, 1.82) is 0 Å². The molecule has 3 rings (SSSR count). The number of nitrogens with zero attached hydrogens (tertiary/aromatic N) is 1. The second-order valence-corrected chi connectivity index (χ2v) is 6.16. The number of amides is 1. The van der Waals surface area contributed by atoms with Crippen LogP contribution in [-0.4, -0.2) is 36.5 Å². The molecule has 1 aliphatic rings. The van der Waals surface area contributed by atoms with E-state index in [2.05, 4.69) is 0 Å². The van der Waals surface area contributed by atoms with Gasteiger partial charge in [0.1, 0.15) is 11.8 Å². The summed E-state index contributed by atoms with van der Waals surface area (Å²) in [6, 6.07) is 14.1. The second-order valence-electron chi connectivity index (χ2n) is 5.75. The summed E-state index contributed by atoms with van der Waals surface area (Å²) < 4.78 is 10.4. The first-order valence-electron chi connectivity index (χ1n) is 7.91. The first kappa shape index (κ1) is 17.3. The fourth-order valence-electron chi connectivity index (χ4n) is 2.92. The highest BCUT2D eigenvalue weighted by Crippen LogP contribution is 2.26. The normalized spacial score (nSPS) is 16.1. The molecule has 0 aliphatic carbocycles. The number of esters is 1. The van der Waals surface area contributed by atoms with Gasteiger partial charge >= 0.3 is 5.97 Å². The van der Waals surface area contributed by atoms with Gasteiger partial charge in [-0.3, -0.25) is 4.79 Å². The standard InChI is InChI=1S/C19H18ClNO4/c1-24-19(23)16-10-13-6-2-3-7-14(13)11-21(16)18(22)12-25-17-9-5-4-8-15(17)20/h2-9,16H,10-12H2,1H3/t16-/m1/s1. The number of methoxy groups -OCH3 is 1. The lowest BCUT2D eigenvalue weighted by Crippen LogP contribution is -2.50. The van der Waals surface area contributed by atoms with Crippen molar-refractivity contribution in [3.8, 4) is 5.75 Å². The number of halogens is 1. The Labute approximate surface area is 151 Å². The van der Waals surface area contributed by atoms with Crippen LogP contribution in [0.1, 0.15) is 11.1 Å². The fourth-order valence-corrected chi connectivity index (χ4v) is 3.11. The van der Waals surface area contributed by atoms with Crippen LogP contribution in [0.3, 0.4) is 0 Å². The minimum Gasteiger partial charge on any atom is -0.482 e. The molecule has 2 aromatic carbocycles. The fraction of sp³-hybridized carbons (Fsp3) is 0.263. The molecule has 0 spiro atoms. The molecule has 1 heterocycles. The molecule has 0 radical (unpaired) electrons. The molecule has 2 aromatic rings. The van der Waals surface area contributed by atoms with E-state index in [1.165, 1.54) is 12.0 Å². The summed E-state index contributed by atoms with van der Waals surface area (Å²) in [5.41, 5.74) is 2.07. The van der Waals surface area contributed by atoms with Crippen LogP contribution in [0.5, 0.6) is 5.75 Å². The van der Waals surface area contributed by atoms with Gasteiger partial charge in [0, 0.05) is 13.0 Å². The molecule has 0 unspecified atom stereocenters. The quantitative estimate of drug-likeness (QED) is 0.788. The summed E-state index contributed by atoms with van der Waals surface area (Å²) in [7, 11) is 1.33. The van der Waals surface area contributed by atoms with Gasteiger partial charge in [0.15, 0.2) is 6.61 Å². The van der Waals surface area contributed by atoms with Crippen molar-refractivity contribution in [3.05, 3.63) is 64.7 Å². The average Bonchev–Trinajstić information content (AvgIpc) is 2.65. The Bertz CT molecular complexity index is 792. The van der Waals surface area contributed by atoms with Gasteiger partial charge in [-0.15, -0.1) is 0 Å². The first-order valence-corrected chi connectivity index (χ1v) is 8.29. The SMILES string of the molecule is COC(=O)[C@H]1Cc2ccccc2CN1C(=O)COc1ccccc1Cl. The summed E-state index contributed by atoms with van der Waals surface area (Å²) in [6.45, 7) is 0.153. The number of rotatable bonds is 4. The third-order valence-electron chi connectivity index (χ3n) is 4.23. The third-order valence-corrected chi connectivity index (χ3v) is 4.54. The van der Waals surface area contributed by atoms with Crippen LogP contribution >= 0.6 is 11.6 Å². The summed E-state index contributed by atoms with van der Waals surface area (Å²) in [5.74, 6) is -0.282. The van der Waals surface area contributed by atoms with E-state index in [1.54, 1.807) is 24.3 Å². The Morgan fingerprint density at radius 2 is 1.80 bits per heavy atom. The number of carbonyl (C=O) groups is 2. The van der Waals surface area contributed by atoms with E-state index in [1.807, 2.05) is 24.3 Å². The molecular weight excluding hydrogens is 342 g/mol. The van der Waals surface area contributed by atoms with Crippen LogP contribution < -0.4 is 4.74 Å². The van der Waals surface area contributed by atoms with Crippen molar-refractivity contribution < 1.29 is 19.1 Å². The van der Waals surface area contributed by atoms with Crippen LogP contribution in [0.2, 0.25) is 5.02 Å². The third kappa shape index (κ3) is 3.77. The highest BCUT2D eigenvalue weighted by atomic mass is 35.5. The Kier molecular flexibility index (Phi) is 5.24. The predicted molar refractivity (Wildman–Crippen MR) is 93.4 cm³/mol. The van der Waals surface area contributed by atoms with Crippen molar-refractivity contribution in [2.45, 2.75) is 19.0 Å². The lowest BCUT2D eigenvalue weighted by Gasteiger charge is -2.35. The number of para-hydroxylation sites is 1. The molecule has 1 amide bonds. The average molecular weight is 360 g/mol. The van der Waals surface area contributed by atoms with Crippen molar-refractivity contribution >= 4 is 23.5 Å². The van der Waals surface area contributed by atoms with Crippen molar-refractivity contribution in [3.63, 3.8) is 0 Å². The Morgan fingerprint density at radius 1 is 1.12 bits per heavy atom. The maximum atomic E-state index is 12.7. The number of hydrogen-bond donors (Lipinski definition) is 0. The van der Waals surface area contributed by atoms with Gasteiger partial charge in [-0.05, 0) is 23.3 Å². The van der Waals surface area contributed by atoms with Crippen LogP contribution in [0.15, 0.2) is 48.5 Å². The number of fused-ring (bicyclic) bond motifs is 1. The van der Waals surface area contributed by atoms with Gasteiger partial charge in [-0.25, -0.2) is 4.79 Å². The topological polar surface area (TPSA) is 55.8 Å². The second kappa shape index (κ2) is 7.57. The zero-order valence-electron chi connectivity index (χ0n) is 13.8. The molecule has 5 nitrogen and oxygen atoms in total. The number of hydrogen-bond acceptors (Lipinski definition) is 4. The van der Waals surface area contributed by atoms with Gasteiger partial charge in [0.25, 0.3) is 5.91 Å². The monoisotopic (exact) mass is 359 g/mol. The van der Waals surface area contributed by atoms with Crippen LogP contribution in [0.25, 0.3) is 0 Å². The van der Waals surface area contributed by atoms with Crippen LogP contribution in [0, 0.1) is 0 Å².